The largest absolute Gasteiger partial charge is 0.497 e. The van der Waals surface area contributed by atoms with Crippen molar-refractivity contribution in [1.82, 2.24) is 34.5 Å². The topological polar surface area (TPSA) is 140 Å². The average molecular weight is 674 g/mol. The molecule has 5 aromatic rings. The Labute approximate surface area is 289 Å². The van der Waals surface area contributed by atoms with Crippen LogP contribution in [-0.2, 0) is 11.3 Å². The van der Waals surface area contributed by atoms with Crippen LogP contribution in [0.5, 0.6) is 17.2 Å². The lowest BCUT2D eigenvalue weighted by molar-refractivity contribution is -0.125. The predicted molar refractivity (Wildman–Crippen MR) is 190 cm³/mol. The molecule has 0 spiro atoms. The molecule has 13 nitrogen and oxygen atoms in total. The summed E-state index contributed by atoms with van der Waals surface area (Å²) < 4.78 is 13.6. The molecule has 0 bridgehead atoms. The molecule has 2 aromatic carbocycles. The summed E-state index contributed by atoms with van der Waals surface area (Å²) in [6.45, 7) is 2.47. The van der Waals surface area contributed by atoms with Crippen molar-refractivity contribution in [3.63, 3.8) is 0 Å². The number of ether oxygens (including phenoxy) is 2. The lowest BCUT2D eigenvalue weighted by Crippen LogP contribution is -2.30. The maximum Gasteiger partial charge on any atom is 0.256 e. The Morgan fingerprint density at radius 3 is 2.52 bits per heavy atom. The second kappa shape index (κ2) is 14.7. The standard InChI is InChI=1S/C37H39N9O4/c1-44(28-9-10-28)20-3-4-33(47)45-21-17-27(23-45)41-35-34-31(15-19-39-36(34)46(43-35)22-25-5-11-29(49-2)12-6-25)50-30-13-7-26(8-14-30)37(48)42-32-16-18-38-24-40-32/h3-8,11-16,18-19,24,27-28H,9-10,17,20-23H2,1-2H3,(H,41,43)(H,38,40,42,48)/b4-3+. The Kier molecular flexibility index (Phi) is 9.65. The molecule has 2 amide bonds. The molecular formula is C37H39N9O4. The molecule has 2 aliphatic rings. The van der Waals surface area contributed by atoms with Crippen LogP contribution in [0.3, 0.4) is 0 Å². The average Bonchev–Trinajstić information content (AvgIpc) is 3.80. The molecule has 1 saturated carbocycles. The van der Waals surface area contributed by atoms with E-state index in [-0.39, 0.29) is 17.9 Å². The van der Waals surface area contributed by atoms with Gasteiger partial charge in [0.1, 0.15) is 34.8 Å². The molecule has 0 radical (unpaired) electrons. The first-order chi connectivity index (χ1) is 24.4. The van der Waals surface area contributed by atoms with Crippen LogP contribution >= 0.6 is 0 Å². The second-order valence-corrected chi connectivity index (χ2v) is 12.5. The van der Waals surface area contributed by atoms with Crippen LogP contribution in [0.25, 0.3) is 11.0 Å². The maximum atomic E-state index is 13.0. The van der Waals surface area contributed by atoms with E-state index in [9.17, 15) is 9.59 Å². The van der Waals surface area contributed by atoms with Gasteiger partial charge in [0.15, 0.2) is 11.5 Å². The van der Waals surface area contributed by atoms with Gasteiger partial charge < -0.3 is 25.0 Å². The van der Waals surface area contributed by atoms with E-state index in [4.69, 9.17) is 19.6 Å². The van der Waals surface area contributed by atoms with Crippen molar-refractivity contribution < 1.29 is 19.1 Å². The zero-order chi connectivity index (χ0) is 34.5. The van der Waals surface area contributed by atoms with Crippen LogP contribution in [0.4, 0.5) is 11.6 Å². The summed E-state index contributed by atoms with van der Waals surface area (Å²) in [7, 11) is 3.74. The van der Waals surface area contributed by atoms with Gasteiger partial charge in [-0.3, -0.25) is 14.5 Å². The highest BCUT2D eigenvalue weighted by molar-refractivity contribution is 6.03. The molecule has 7 rings (SSSR count). The van der Waals surface area contributed by atoms with Crippen molar-refractivity contribution in [2.75, 3.05) is 44.4 Å². The summed E-state index contributed by atoms with van der Waals surface area (Å²) >= 11 is 0. The monoisotopic (exact) mass is 673 g/mol. The molecule has 1 saturated heterocycles. The number of pyridine rings is 1. The number of hydrogen-bond acceptors (Lipinski definition) is 10. The van der Waals surface area contributed by atoms with E-state index in [1.807, 2.05) is 39.9 Å². The molecule has 2 fully saturated rings. The summed E-state index contributed by atoms with van der Waals surface area (Å²) in [5, 5.41) is 12.1. The summed E-state index contributed by atoms with van der Waals surface area (Å²) in [5.41, 5.74) is 2.13. The fourth-order valence-electron chi connectivity index (χ4n) is 5.99. The number of nitrogens with one attached hydrogen (secondary N) is 2. The number of carbonyl (C=O) groups is 2. The maximum absolute atomic E-state index is 13.0. The van der Waals surface area contributed by atoms with Gasteiger partial charge >= 0.3 is 0 Å². The van der Waals surface area contributed by atoms with Crippen molar-refractivity contribution in [3.05, 3.63) is 103 Å². The lowest BCUT2D eigenvalue weighted by atomic mass is 10.2. The molecule has 1 unspecified atom stereocenters. The van der Waals surface area contributed by atoms with Gasteiger partial charge in [0.05, 0.1) is 13.7 Å². The van der Waals surface area contributed by atoms with Crippen LogP contribution in [0.1, 0.15) is 35.2 Å². The third-order valence-electron chi connectivity index (χ3n) is 8.92. The summed E-state index contributed by atoms with van der Waals surface area (Å²) in [5.74, 6) is 2.65. The molecule has 4 heterocycles. The van der Waals surface area contributed by atoms with Crippen molar-refractivity contribution in [2.45, 2.75) is 37.9 Å². The first kappa shape index (κ1) is 32.7. The van der Waals surface area contributed by atoms with Crippen molar-refractivity contribution >= 4 is 34.5 Å². The molecule has 3 aromatic heterocycles. The van der Waals surface area contributed by atoms with Crippen molar-refractivity contribution in [1.29, 1.82) is 0 Å². The van der Waals surface area contributed by atoms with Gasteiger partial charge in [-0.05, 0) is 74.3 Å². The minimum atomic E-state index is -0.294. The fraction of sp³-hybridized carbons (Fsp3) is 0.297. The normalized spacial score (nSPS) is 15.9. The first-order valence-corrected chi connectivity index (χ1v) is 16.7. The molecule has 256 valence electrons. The van der Waals surface area contributed by atoms with E-state index in [2.05, 4.69) is 32.5 Å². The van der Waals surface area contributed by atoms with Crippen LogP contribution < -0.4 is 20.1 Å². The Balaban J connectivity index is 1.10. The van der Waals surface area contributed by atoms with Crippen LogP contribution in [0.2, 0.25) is 0 Å². The van der Waals surface area contributed by atoms with Gasteiger partial charge in [-0.2, -0.15) is 5.10 Å². The lowest BCUT2D eigenvalue weighted by Gasteiger charge is -2.16. The highest BCUT2D eigenvalue weighted by Gasteiger charge is 2.28. The number of benzene rings is 2. The third-order valence-corrected chi connectivity index (χ3v) is 8.92. The number of amides is 2. The van der Waals surface area contributed by atoms with Gasteiger partial charge in [-0.15, -0.1) is 0 Å². The van der Waals surface area contributed by atoms with E-state index >= 15 is 0 Å². The van der Waals surface area contributed by atoms with E-state index in [0.29, 0.717) is 60.0 Å². The molecular weight excluding hydrogens is 634 g/mol. The smallest absolute Gasteiger partial charge is 0.256 e. The number of nitrogens with zero attached hydrogens (tertiary/aromatic N) is 7. The number of likely N-dealkylation sites (tertiary alicyclic amines) is 1. The summed E-state index contributed by atoms with van der Waals surface area (Å²) in [6, 6.07) is 18.8. The number of rotatable bonds is 13. The third kappa shape index (κ3) is 7.73. The Morgan fingerprint density at radius 2 is 1.78 bits per heavy atom. The SMILES string of the molecule is COc1ccc(Cn2nc(NC3CCN(C(=O)/C=C/CN(C)C4CC4)C3)c3c(Oc4ccc(C(=O)Nc5ccncn5)cc4)ccnc32)cc1. The fourth-order valence-corrected chi connectivity index (χ4v) is 5.99. The molecule has 1 atom stereocenters. The number of likely N-dealkylation sites (N-methyl/N-ethyl adjacent to an activating group) is 1. The van der Waals surface area contributed by atoms with Gasteiger partial charge in [-0.1, -0.05) is 18.2 Å². The molecule has 13 heteroatoms. The van der Waals surface area contributed by atoms with E-state index in [1.165, 1.54) is 19.2 Å². The number of carbonyl (C=O) groups excluding carboxylic acids is 2. The van der Waals surface area contributed by atoms with E-state index in [1.54, 1.807) is 62.0 Å². The Hall–Kier alpha value is -5.82. The number of methoxy groups -OCH3 is 1. The predicted octanol–water partition coefficient (Wildman–Crippen LogP) is 4.99. The number of hydrogen-bond donors (Lipinski definition) is 2. The molecule has 2 N–H and O–H groups in total. The minimum absolute atomic E-state index is 0.00485. The zero-order valence-electron chi connectivity index (χ0n) is 28.0. The van der Waals surface area contributed by atoms with Crippen LogP contribution in [0.15, 0.2) is 91.5 Å². The molecule has 50 heavy (non-hydrogen) atoms. The Bertz CT molecular complexity index is 1980. The van der Waals surface area contributed by atoms with Gasteiger partial charge in [0, 0.05) is 61.8 Å². The molecule has 1 aliphatic carbocycles. The summed E-state index contributed by atoms with van der Waals surface area (Å²) in [6.07, 6.45) is 11.5. The highest BCUT2D eigenvalue weighted by atomic mass is 16.5. The minimum Gasteiger partial charge on any atom is -0.497 e. The van der Waals surface area contributed by atoms with Gasteiger partial charge in [-0.25, -0.2) is 19.6 Å². The second-order valence-electron chi connectivity index (χ2n) is 12.5. The van der Waals surface area contributed by atoms with E-state index in [0.717, 1.165) is 29.7 Å². The van der Waals surface area contributed by atoms with Crippen LogP contribution in [0, 0.1) is 0 Å². The van der Waals surface area contributed by atoms with Crippen LogP contribution in [-0.4, -0.2) is 92.2 Å². The number of aromatic nitrogens is 5. The van der Waals surface area contributed by atoms with Crippen molar-refractivity contribution in [2.24, 2.45) is 0 Å². The highest BCUT2D eigenvalue weighted by Crippen LogP contribution is 2.35. The number of fused-ring (bicyclic) bond motifs is 1. The first-order valence-electron chi connectivity index (χ1n) is 16.7. The number of anilines is 2. The quantitative estimate of drug-likeness (QED) is 0.165. The van der Waals surface area contributed by atoms with Gasteiger partial charge in [0.25, 0.3) is 5.91 Å². The Morgan fingerprint density at radius 1 is 0.980 bits per heavy atom. The zero-order valence-corrected chi connectivity index (χ0v) is 28.0. The van der Waals surface area contributed by atoms with Crippen molar-refractivity contribution in [3.8, 4) is 17.2 Å². The summed E-state index contributed by atoms with van der Waals surface area (Å²) in [4.78, 5) is 42.5. The van der Waals surface area contributed by atoms with E-state index < -0.39 is 0 Å². The van der Waals surface area contributed by atoms with Gasteiger partial charge in [0.2, 0.25) is 5.91 Å². The molecule has 1 aliphatic heterocycles.